The molecule has 27 heavy (non-hydrogen) atoms. The van der Waals surface area contributed by atoms with E-state index in [9.17, 15) is 4.79 Å². The lowest BCUT2D eigenvalue weighted by atomic mass is 10.2. The molecule has 1 aromatic heterocycles. The molecule has 0 aliphatic carbocycles. The van der Waals surface area contributed by atoms with Gasteiger partial charge < -0.3 is 11.1 Å². The summed E-state index contributed by atoms with van der Waals surface area (Å²) in [6.45, 7) is 0. The fourth-order valence-electron chi connectivity index (χ4n) is 2.13. The highest BCUT2D eigenvalue weighted by Gasteiger charge is 2.12. The van der Waals surface area contributed by atoms with Crippen LogP contribution in [-0.2, 0) is 0 Å². The van der Waals surface area contributed by atoms with Crippen LogP contribution in [0.3, 0.4) is 0 Å². The van der Waals surface area contributed by atoms with Crippen molar-refractivity contribution < 1.29 is 4.79 Å². The molecule has 0 fully saturated rings. The van der Waals surface area contributed by atoms with Gasteiger partial charge in [-0.15, -0.1) is 0 Å². The number of anilines is 4. The fraction of sp³-hybridized carbons (Fsp3) is 0. The summed E-state index contributed by atoms with van der Waals surface area (Å²) in [6.07, 6.45) is 1.29. The highest BCUT2D eigenvalue weighted by atomic mass is 35.5. The molecule has 0 aliphatic heterocycles. The molecule has 7 nitrogen and oxygen atoms in total. The minimum absolute atomic E-state index is 0.197. The summed E-state index contributed by atoms with van der Waals surface area (Å²) in [6, 6.07) is 11.7. The number of carbonyl (C=O) groups excluding carboxylic acids is 1. The van der Waals surface area contributed by atoms with E-state index in [-0.39, 0.29) is 11.5 Å². The van der Waals surface area contributed by atoms with Gasteiger partial charge in [-0.1, -0.05) is 46.9 Å². The lowest BCUT2D eigenvalue weighted by Gasteiger charge is -2.13. The van der Waals surface area contributed by atoms with Gasteiger partial charge in [0.25, 0.3) is 5.91 Å². The van der Waals surface area contributed by atoms with Gasteiger partial charge in [-0.2, -0.15) is 0 Å². The van der Waals surface area contributed by atoms with Gasteiger partial charge in [0.2, 0.25) is 0 Å². The second-order valence-corrected chi connectivity index (χ2v) is 6.52. The second-order valence-electron chi connectivity index (χ2n) is 5.30. The van der Waals surface area contributed by atoms with Crippen molar-refractivity contribution in [2.75, 3.05) is 16.5 Å². The molecule has 5 N–H and O–H groups in total. The van der Waals surface area contributed by atoms with E-state index in [1.165, 1.54) is 6.33 Å². The summed E-state index contributed by atoms with van der Waals surface area (Å²) in [7, 11) is 0. The fourth-order valence-corrected chi connectivity index (χ4v) is 2.65. The molecule has 0 bridgehead atoms. The quantitative estimate of drug-likeness (QED) is 0.450. The van der Waals surface area contributed by atoms with E-state index in [2.05, 4.69) is 26.1 Å². The number of nitrogen functional groups attached to an aromatic ring is 1. The molecule has 0 spiro atoms. The molecule has 10 heteroatoms. The third kappa shape index (κ3) is 4.51. The van der Waals surface area contributed by atoms with Crippen LogP contribution in [0.2, 0.25) is 15.1 Å². The highest BCUT2D eigenvalue weighted by Crippen LogP contribution is 2.29. The molecule has 0 radical (unpaired) electrons. The molecule has 3 rings (SSSR count). The summed E-state index contributed by atoms with van der Waals surface area (Å²) in [5.74, 6) is 0.114. The van der Waals surface area contributed by atoms with E-state index in [0.29, 0.717) is 32.1 Å². The Morgan fingerprint density at radius 2 is 1.67 bits per heavy atom. The summed E-state index contributed by atoms with van der Waals surface area (Å²) < 4.78 is 0. The maximum absolute atomic E-state index is 12.2. The molecule has 138 valence electrons. The van der Waals surface area contributed by atoms with E-state index in [1.807, 2.05) is 0 Å². The second kappa shape index (κ2) is 8.30. The zero-order chi connectivity index (χ0) is 19.4. The van der Waals surface area contributed by atoms with Crippen LogP contribution in [-0.4, -0.2) is 15.9 Å². The number of halogens is 3. The molecule has 0 saturated carbocycles. The Labute approximate surface area is 169 Å². The first kappa shape index (κ1) is 19.0. The van der Waals surface area contributed by atoms with E-state index in [0.717, 1.165) is 0 Å². The average molecular weight is 424 g/mol. The van der Waals surface area contributed by atoms with Crippen molar-refractivity contribution in [3.05, 3.63) is 69.4 Å². The van der Waals surface area contributed by atoms with Crippen molar-refractivity contribution >= 4 is 63.7 Å². The number of amides is 1. The van der Waals surface area contributed by atoms with Crippen molar-refractivity contribution in [1.82, 2.24) is 15.4 Å². The topological polar surface area (TPSA) is 105 Å². The van der Waals surface area contributed by atoms with Gasteiger partial charge in [-0.3, -0.25) is 15.6 Å². The zero-order valence-corrected chi connectivity index (χ0v) is 15.9. The minimum Gasteiger partial charge on any atom is -0.393 e. The Bertz CT molecular complexity index is 998. The van der Waals surface area contributed by atoms with Gasteiger partial charge in [0.05, 0.1) is 20.6 Å². The van der Waals surface area contributed by atoms with Gasteiger partial charge >= 0.3 is 0 Å². The summed E-state index contributed by atoms with van der Waals surface area (Å²) >= 11 is 17.9. The number of carbonyl (C=O) groups is 1. The number of hydrazine groups is 1. The molecular weight excluding hydrogens is 411 g/mol. The summed E-state index contributed by atoms with van der Waals surface area (Å²) in [5.41, 5.74) is 12.4. The van der Waals surface area contributed by atoms with Crippen LogP contribution < -0.4 is 21.9 Å². The van der Waals surface area contributed by atoms with Gasteiger partial charge in [-0.05, 0) is 30.3 Å². The van der Waals surface area contributed by atoms with Crippen molar-refractivity contribution in [3.8, 4) is 0 Å². The highest BCUT2D eigenvalue weighted by molar-refractivity contribution is 6.42. The number of hydrogen-bond donors (Lipinski definition) is 4. The zero-order valence-electron chi connectivity index (χ0n) is 13.6. The Morgan fingerprint density at radius 3 is 2.41 bits per heavy atom. The van der Waals surface area contributed by atoms with Crippen LogP contribution in [0.5, 0.6) is 0 Å². The molecular formula is C17H13Cl3N6O. The minimum atomic E-state index is -0.433. The molecule has 3 aromatic rings. The Balaban J connectivity index is 1.74. The van der Waals surface area contributed by atoms with Gasteiger partial charge in [0.15, 0.2) is 11.6 Å². The van der Waals surface area contributed by atoms with Gasteiger partial charge in [0, 0.05) is 5.69 Å². The molecule has 0 atom stereocenters. The van der Waals surface area contributed by atoms with Crippen LogP contribution >= 0.6 is 34.8 Å². The Kier molecular flexibility index (Phi) is 5.85. The largest absolute Gasteiger partial charge is 0.393 e. The van der Waals surface area contributed by atoms with Crippen LogP contribution in [0.25, 0.3) is 0 Å². The van der Waals surface area contributed by atoms with E-state index < -0.39 is 5.91 Å². The number of rotatable bonds is 5. The van der Waals surface area contributed by atoms with E-state index in [4.69, 9.17) is 40.5 Å². The predicted molar refractivity (Wildman–Crippen MR) is 109 cm³/mol. The molecule has 0 saturated heterocycles. The molecule has 1 heterocycles. The van der Waals surface area contributed by atoms with Crippen LogP contribution in [0.1, 0.15) is 10.4 Å². The van der Waals surface area contributed by atoms with Gasteiger partial charge in [-0.25, -0.2) is 9.97 Å². The maximum atomic E-state index is 12.2. The number of nitrogens with two attached hydrogens (primary N) is 1. The number of benzene rings is 2. The van der Waals surface area contributed by atoms with Crippen LogP contribution in [0.4, 0.5) is 23.0 Å². The molecule has 1 amide bonds. The molecule has 0 unspecified atom stereocenters. The third-order valence-electron chi connectivity index (χ3n) is 3.48. The van der Waals surface area contributed by atoms with Crippen molar-refractivity contribution in [2.24, 2.45) is 0 Å². The van der Waals surface area contributed by atoms with Gasteiger partial charge in [0.1, 0.15) is 12.0 Å². The van der Waals surface area contributed by atoms with E-state index in [1.54, 1.807) is 42.5 Å². The van der Waals surface area contributed by atoms with Crippen LogP contribution in [0.15, 0.2) is 48.8 Å². The maximum Gasteiger partial charge on any atom is 0.271 e. The van der Waals surface area contributed by atoms with E-state index >= 15 is 0 Å². The lowest BCUT2D eigenvalue weighted by Crippen LogP contribution is -2.30. The smallest absolute Gasteiger partial charge is 0.271 e. The number of hydrogen-bond acceptors (Lipinski definition) is 6. The van der Waals surface area contributed by atoms with Crippen molar-refractivity contribution in [3.63, 3.8) is 0 Å². The summed E-state index contributed by atoms with van der Waals surface area (Å²) in [5, 5.41) is 4.17. The number of aromatic nitrogens is 2. The number of nitrogens with one attached hydrogen (secondary N) is 3. The first-order valence-corrected chi connectivity index (χ1v) is 8.72. The number of nitrogens with zero attached hydrogens (tertiary/aromatic N) is 2. The lowest BCUT2D eigenvalue weighted by molar-refractivity contribution is 0.0962. The SMILES string of the molecule is Nc1c(NNC(=O)c2ccccc2Cl)ncnc1Nc1ccc(Cl)c(Cl)c1. The first-order valence-electron chi connectivity index (χ1n) is 7.59. The first-order chi connectivity index (χ1) is 13.0. The Morgan fingerprint density at radius 1 is 0.926 bits per heavy atom. The average Bonchev–Trinajstić information content (AvgIpc) is 2.65. The molecule has 2 aromatic carbocycles. The monoisotopic (exact) mass is 422 g/mol. The predicted octanol–water partition coefficient (Wildman–Crippen LogP) is 4.52. The normalized spacial score (nSPS) is 10.3. The van der Waals surface area contributed by atoms with Crippen molar-refractivity contribution in [2.45, 2.75) is 0 Å². The standard InChI is InChI=1S/C17H13Cl3N6O/c18-11-4-2-1-3-10(11)17(27)26-25-16-14(21)15(22-8-23-16)24-9-5-6-12(19)13(20)7-9/h1-8H,21H2,(H,26,27)(H2,22,23,24,25). The third-order valence-corrected chi connectivity index (χ3v) is 4.55. The Hall–Kier alpha value is -2.74. The molecule has 0 aliphatic rings. The van der Waals surface area contributed by atoms with Crippen molar-refractivity contribution in [1.29, 1.82) is 0 Å². The summed E-state index contributed by atoms with van der Waals surface area (Å²) in [4.78, 5) is 20.3. The van der Waals surface area contributed by atoms with Crippen LogP contribution in [0, 0.1) is 0 Å².